The van der Waals surface area contributed by atoms with Crippen LogP contribution in [0.3, 0.4) is 0 Å². The Labute approximate surface area is 104 Å². The van der Waals surface area contributed by atoms with Crippen LogP contribution in [0.15, 0.2) is 24.5 Å². The van der Waals surface area contributed by atoms with Crippen LogP contribution in [0.5, 0.6) is 0 Å². The van der Waals surface area contributed by atoms with Gasteiger partial charge in [0.1, 0.15) is 6.33 Å². The van der Waals surface area contributed by atoms with E-state index < -0.39 is 11.7 Å². The molecular formula is C9H4Cl2F3N3. The molecule has 0 unspecified atom stereocenters. The smallest absolute Gasteiger partial charge is 0.271 e. The summed E-state index contributed by atoms with van der Waals surface area (Å²) in [5, 5.41) is 6.95. The summed E-state index contributed by atoms with van der Waals surface area (Å²) in [5.41, 5.74) is -0.537. The summed E-state index contributed by atoms with van der Waals surface area (Å²) in [4.78, 5) is 0. The molecule has 1 aromatic carbocycles. The molecule has 90 valence electrons. The largest absolute Gasteiger partial charge is 0.416 e. The summed E-state index contributed by atoms with van der Waals surface area (Å²) in [6, 6.07) is 2.95. The zero-order valence-corrected chi connectivity index (χ0v) is 9.55. The summed E-state index contributed by atoms with van der Waals surface area (Å²) >= 11 is 11.4. The standard InChI is InChI=1S/C9H4Cl2F3N3/c10-6-3-5(9(12,13)14)1-2-7(6)17-4-15-16-8(17)11/h1-4H. The number of rotatable bonds is 1. The highest BCUT2D eigenvalue weighted by Crippen LogP contribution is 2.33. The Morgan fingerprint density at radius 3 is 2.35 bits per heavy atom. The molecule has 0 fully saturated rings. The molecule has 0 saturated heterocycles. The molecule has 0 amide bonds. The topological polar surface area (TPSA) is 30.7 Å². The Morgan fingerprint density at radius 2 is 1.88 bits per heavy atom. The summed E-state index contributed by atoms with van der Waals surface area (Å²) in [6.45, 7) is 0. The first-order valence-corrected chi connectivity index (χ1v) is 5.08. The van der Waals surface area contributed by atoms with E-state index in [9.17, 15) is 13.2 Å². The predicted octanol–water partition coefficient (Wildman–Crippen LogP) is 3.59. The second kappa shape index (κ2) is 4.19. The van der Waals surface area contributed by atoms with Gasteiger partial charge in [0, 0.05) is 0 Å². The van der Waals surface area contributed by atoms with Crippen LogP contribution in [0.4, 0.5) is 13.2 Å². The molecule has 8 heteroatoms. The van der Waals surface area contributed by atoms with Gasteiger partial charge in [0.2, 0.25) is 5.28 Å². The van der Waals surface area contributed by atoms with Crippen molar-refractivity contribution in [1.29, 1.82) is 0 Å². The second-order valence-corrected chi connectivity index (χ2v) is 3.88. The highest BCUT2D eigenvalue weighted by molar-refractivity contribution is 6.33. The Morgan fingerprint density at radius 1 is 1.18 bits per heavy atom. The molecule has 2 rings (SSSR count). The lowest BCUT2D eigenvalue weighted by atomic mass is 10.2. The van der Waals surface area contributed by atoms with E-state index in [4.69, 9.17) is 23.2 Å². The zero-order chi connectivity index (χ0) is 12.6. The van der Waals surface area contributed by atoms with Crippen molar-refractivity contribution in [3.05, 3.63) is 40.4 Å². The molecule has 1 aromatic heterocycles. The van der Waals surface area contributed by atoms with Crippen LogP contribution < -0.4 is 0 Å². The maximum absolute atomic E-state index is 12.4. The summed E-state index contributed by atoms with van der Waals surface area (Å²) in [7, 11) is 0. The first-order chi connectivity index (χ1) is 7.89. The van der Waals surface area contributed by atoms with E-state index in [1.807, 2.05) is 0 Å². The van der Waals surface area contributed by atoms with Crippen molar-refractivity contribution in [2.75, 3.05) is 0 Å². The van der Waals surface area contributed by atoms with E-state index in [1.54, 1.807) is 0 Å². The number of benzene rings is 1. The third-order valence-electron chi connectivity index (χ3n) is 2.04. The van der Waals surface area contributed by atoms with Crippen LogP contribution >= 0.6 is 23.2 Å². The number of hydrogen-bond acceptors (Lipinski definition) is 2. The third kappa shape index (κ3) is 2.37. The molecule has 0 atom stereocenters. The fourth-order valence-corrected chi connectivity index (χ4v) is 1.71. The van der Waals surface area contributed by atoms with Crippen molar-refractivity contribution >= 4 is 23.2 Å². The molecule has 0 aliphatic rings. The van der Waals surface area contributed by atoms with E-state index >= 15 is 0 Å². The first-order valence-electron chi connectivity index (χ1n) is 4.32. The van der Waals surface area contributed by atoms with Gasteiger partial charge in [-0.25, -0.2) is 0 Å². The highest BCUT2D eigenvalue weighted by Gasteiger charge is 2.31. The lowest BCUT2D eigenvalue weighted by Gasteiger charge is -2.10. The van der Waals surface area contributed by atoms with E-state index in [0.717, 1.165) is 12.1 Å². The summed E-state index contributed by atoms with van der Waals surface area (Å²) in [6.07, 6.45) is -3.17. The molecule has 0 radical (unpaired) electrons. The van der Waals surface area contributed by atoms with Gasteiger partial charge in [0.15, 0.2) is 0 Å². The maximum atomic E-state index is 12.4. The van der Waals surface area contributed by atoms with Crippen molar-refractivity contribution in [1.82, 2.24) is 14.8 Å². The molecule has 0 bridgehead atoms. The number of hydrogen-bond donors (Lipinski definition) is 0. The Bertz CT molecular complexity index is 551. The van der Waals surface area contributed by atoms with Gasteiger partial charge in [0.25, 0.3) is 0 Å². The van der Waals surface area contributed by atoms with E-state index in [1.165, 1.54) is 17.0 Å². The fourth-order valence-electron chi connectivity index (χ4n) is 1.26. The minimum atomic E-state index is -4.43. The first kappa shape index (κ1) is 12.2. The molecule has 1 heterocycles. The Balaban J connectivity index is 2.50. The van der Waals surface area contributed by atoms with Crippen LogP contribution in [0, 0.1) is 0 Å². The monoisotopic (exact) mass is 281 g/mol. The zero-order valence-electron chi connectivity index (χ0n) is 8.04. The summed E-state index contributed by atoms with van der Waals surface area (Å²) < 4.78 is 38.5. The molecule has 0 N–H and O–H groups in total. The third-order valence-corrected chi connectivity index (χ3v) is 2.60. The SMILES string of the molecule is FC(F)(F)c1ccc(-n2cnnc2Cl)c(Cl)c1. The van der Waals surface area contributed by atoms with Gasteiger partial charge in [-0.05, 0) is 29.8 Å². The average Bonchev–Trinajstić information content (AvgIpc) is 2.63. The number of aromatic nitrogens is 3. The normalized spacial score (nSPS) is 11.8. The van der Waals surface area contributed by atoms with Crippen LogP contribution in [-0.2, 0) is 6.18 Å². The van der Waals surface area contributed by atoms with Crippen molar-refractivity contribution in [3.63, 3.8) is 0 Å². The van der Waals surface area contributed by atoms with Crippen LogP contribution in [0.25, 0.3) is 5.69 Å². The van der Waals surface area contributed by atoms with E-state index in [2.05, 4.69) is 10.2 Å². The highest BCUT2D eigenvalue weighted by atomic mass is 35.5. The van der Waals surface area contributed by atoms with Gasteiger partial charge >= 0.3 is 6.18 Å². The molecule has 0 aliphatic carbocycles. The van der Waals surface area contributed by atoms with Crippen molar-refractivity contribution in [2.24, 2.45) is 0 Å². The van der Waals surface area contributed by atoms with E-state index in [-0.39, 0.29) is 16.0 Å². The quantitative estimate of drug-likeness (QED) is 0.800. The van der Waals surface area contributed by atoms with Gasteiger partial charge in [-0.1, -0.05) is 11.6 Å². The molecule has 0 aliphatic heterocycles. The second-order valence-electron chi connectivity index (χ2n) is 3.13. The van der Waals surface area contributed by atoms with Crippen LogP contribution in [0.1, 0.15) is 5.56 Å². The lowest BCUT2D eigenvalue weighted by Crippen LogP contribution is -2.05. The molecular weight excluding hydrogens is 278 g/mol. The molecule has 0 saturated carbocycles. The molecule has 3 nitrogen and oxygen atoms in total. The van der Waals surface area contributed by atoms with Gasteiger partial charge in [-0.3, -0.25) is 4.57 Å². The van der Waals surface area contributed by atoms with Gasteiger partial charge in [0.05, 0.1) is 16.3 Å². The fraction of sp³-hybridized carbons (Fsp3) is 0.111. The molecule has 0 spiro atoms. The number of halogens is 5. The van der Waals surface area contributed by atoms with Gasteiger partial charge in [-0.15, -0.1) is 10.2 Å². The minimum absolute atomic E-state index is 0.0201. The summed E-state index contributed by atoms with van der Waals surface area (Å²) in [5.74, 6) is 0. The van der Waals surface area contributed by atoms with Crippen molar-refractivity contribution in [3.8, 4) is 5.69 Å². The maximum Gasteiger partial charge on any atom is 0.416 e. The average molecular weight is 282 g/mol. The van der Waals surface area contributed by atoms with Crippen LogP contribution in [-0.4, -0.2) is 14.8 Å². The van der Waals surface area contributed by atoms with Crippen LogP contribution in [0.2, 0.25) is 10.3 Å². The van der Waals surface area contributed by atoms with Crippen molar-refractivity contribution in [2.45, 2.75) is 6.18 Å². The predicted molar refractivity (Wildman–Crippen MR) is 56.4 cm³/mol. The van der Waals surface area contributed by atoms with Gasteiger partial charge in [-0.2, -0.15) is 13.2 Å². The minimum Gasteiger partial charge on any atom is -0.271 e. The van der Waals surface area contributed by atoms with Gasteiger partial charge < -0.3 is 0 Å². The lowest BCUT2D eigenvalue weighted by molar-refractivity contribution is -0.137. The van der Waals surface area contributed by atoms with Crippen molar-refractivity contribution < 1.29 is 13.2 Å². The van der Waals surface area contributed by atoms with E-state index in [0.29, 0.717) is 0 Å². The molecule has 17 heavy (non-hydrogen) atoms. The number of nitrogens with zero attached hydrogens (tertiary/aromatic N) is 3. The molecule has 2 aromatic rings. The number of alkyl halides is 3. The Kier molecular flexibility index (Phi) is 3.01. The Hall–Kier alpha value is -1.27.